The van der Waals surface area contributed by atoms with Crippen LogP contribution in [-0.2, 0) is 24.1 Å². The van der Waals surface area contributed by atoms with Gasteiger partial charge in [0.05, 0.1) is 36.7 Å². The summed E-state index contributed by atoms with van der Waals surface area (Å²) in [6.45, 7) is 6.57. The lowest BCUT2D eigenvalue weighted by Crippen LogP contribution is -2.32. The number of carbonyl (C=O) groups excluding carboxylic acids is 1. The molecule has 1 unspecified atom stereocenters. The molecule has 1 aliphatic heterocycles. The molecule has 0 radical (unpaired) electrons. The minimum Gasteiger partial charge on any atom is -0.493 e. The Hall–Kier alpha value is -7.88. The second-order valence-corrected chi connectivity index (χ2v) is 15.1. The van der Waals surface area contributed by atoms with E-state index in [4.69, 9.17) is 23.0 Å². The van der Waals surface area contributed by atoms with Crippen molar-refractivity contribution in [1.82, 2.24) is 14.9 Å². The van der Waals surface area contributed by atoms with Crippen LogP contribution in [-0.4, -0.2) is 63.4 Å². The Bertz CT molecular complexity index is 2790. The van der Waals surface area contributed by atoms with Crippen LogP contribution in [0.5, 0.6) is 17.2 Å². The second-order valence-electron chi connectivity index (χ2n) is 15.1. The summed E-state index contributed by atoms with van der Waals surface area (Å²) in [5, 5.41) is 19.7. The Morgan fingerprint density at radius 1 is 0.692 bits per heavy atom. The van der Waals surface area contributed by atoms with E-state index in [1.54, 1.807) is 37.3 Å². The van der Waals surface area contributed by atoms with E-state index in [0.29, 0.717) is 67.1 Å². The first-order valence-electron chi connectivity index (χ1n) is 21.2. The fourth-order valence-corrected chi connectivity index (χ4v) is 7.09. The zero-order valence-electron chi connectivity index (χ0n) is 36.4. The molecule has 2 aromatic heterocycles. The average Bonchev–Trinajstić information content (AvgIpc) is 4.04. The first kappa shape index (κ1) is 45.2. The number of aliphatic hydroxyl groups is 1. The number of nitrogens with zero attached hydrogens (tertiary/aromatic N) is 3. The minimum atomic E-state index is -1.04. The SMILES string of the molecule is CC#CC(O)c1cccc(OCCc2nc(-c3ccccc3)oc2C)c1.Cc1oc(-c2ccccc2)nc1CCOc1cccc(CC2=C(C(=O)O)CN(C(=O)Oc3ccccc3)C2)c1. The van der Waals surface area contributed by atoms with Crippen molar-refractivity contribution in [1.29, 1.82) is 0 Å². The normalized spacial score (nSPS) is 12.4. The van der Waals surface area contributed by atoms with Crippen molar-refractivity contribution < 1.29 is 42.8 Å². The molecule has 1 atom stereocenters. The maximum Gasteiger partial charge on any atom is 0.415 e. The molecule has 2 N–H and O–H groups in total. The Kier molecular flexibility index (Phi) is 15.3. The Labute approximate surface area is 377 Å². The van der Waals surface area contributed by atoms with Crippen LogP contribution in [0.4, 0.5) is 4.79 Å². The van der Waals surface area contributed by atoms with E-state index in [2.05, 4.69) is 21.8 Å². The zero-order valence-corrected chi connectivity index (χ0v) is 36.4. The molecule has 0 saturated heterocycles. The maximum atomic E-state index is 12.6. The lowest BCUT2D eigenvalue weighted by atomic mass is 10.0. The molecule has 1 amide bonds. The van der Waals surface area contributed by atoms with Gasteiger partial charge in [-0.15, -0.1) is 5.92 Å². The monoisotopic (exact) mass is 871 g/mol. The van der Waals surface area contributed by atoms with Crippen molar-refractivity contribution in [3.05, 3.63) is 185 Å². The smallest absolute Gasteiger partial charge is 0.415 e. The number of carboxylic acid groups (broad SMARTS) is 1. The van der Waals surface area contributed by atoms with Crippen LogP contribution in [0.3, 0.4) is 0 Å². The van der Waals surface area contributed by atoms with Crippen LogP contribution in [0.2, 0.25) is 0 Å². The highest BCUT2D eigenvalue weighted by Crippen LogP contribution is 2.27. The zero-order chi connectivity index (χ0) is 45.5. The predicted octanol–water partition coefficient (Wildman–Crippen LogP) is 10.0. The molecule has 12 nitrogen and oxygen atoms in total. The van der Waals surface area contributed by atoms with Crippen molar-refractivity contribution in [3.63, 3.8) is 0 Å². The molecule has 0 saturated carbocycles. The number of benzene rings is 5. The van der Waals surface area contributed by atoms with E-state index in [0.717, 1.165) is 45.2 Å². The van der Waals surface area contributed by atoms with Crippen LogP contribution in [0.15, 0.2) is 160 Å². The van der Waals surface area contributed by atoms with Crippen molar-refractivity contribution in [3.8, 4) is 52.0 Å². The highest BCUT2D eigenvalue weighted by molar-refractivity contribution is 5.90. The number of aliphatic carboxylic acids is 1. The third kappa shape index (κ3) is 12.4. The number of hydrogen-bond acceptors (Lipinski definition) is 10. The van der Waals surface area contributed by atoms with Gasteiger partial charge in [-0.05, 0) is 105 Å². The standard InChI is InChI=1S/C31H28N2O6.C22H21NO3/c1-21-28(32-29(38-21)23-10-4-2-5-11-23)15-16-37-26-14-8-9-22(18-26)17-24-19-33(20-27(24)30(34)35)31(36)39-25-12-6-3-7-13-25;1-3-8-21(24)18-11-7-12-19(15-18)25-14-13-20-16(2)26-22(23-20)17-9-5-4-6-10-17/h2-14,18H,15-17,19-20H2,1H3,(H,34,35);4-7,9-12,15,21,24H,13-14H2,1-2H3. The highest BCUT2D eigenvalue weighted by atomic mass is 16.6. The largest absolute Gasteiger partial charge is 0.493 e. The van der Waals surface area contributed by atoms with Crippen molar-refractivity contribution in [2.24, 2.45) is 0 Å². The lowest BCUT2D eigenvalue weighted by molar-refractivity contribution is -0.132. The number of rotatable bonds is 15. The summed E-state index contributed by atoms with van der Waals surface area (Å²) in [5.41, 5.74) is 6.10. The topological polar surface area (TPSA) is 158 Å². The number of carbonyl (C=O) groups is 2. The molecule has 0 spiro atoms. The van der Waals surface area contributed by atoms with Gasteiger partial charge in [-0.1, -0.05) is 84.8 Å². The molecule has 3 heterocycles. The van der Waals surface area contributed by atoms with Gasteiger partial charge in [-0.2, -0.15) is 0 Å². The number of ether oxygens (including phenoxy) is 3. The number of aromatic nitrogens is 2. The van der Waals surface area contributed by atoms with Crippen molar-refractivity contribution >= 4 is 12.1 Å². The summed E-state index contributed by atoms with van der Waals surface area (Å²) < 4.78 is 28.8. The molecule has 8 rings (SSSR count). The number of oxazole rings is 2. The van der Waals surface area contributed by atoms with E-state index < -0.39 is 18.2 Å². The molecule has 330 valence electrons. The van der Waals surface area contributed by atoms with E-state index >= 15 is 0 Å². The third-order valence-corrected chi connectivity index (χ3v) is 10.4. The third-order valence-electron chi connectivity index (χ3n) is 10.4. The Morgan fingerprint density at radius 2 is 1.22 bits per heavy atom. The number of amides is 1. The van der Waals surface area contributed by atoms with Crippen molar-refractivity contribution in [2.45, 2.75) is 46.1 Å². The molecule has 5 aromatic carbocycles. The molecule has 0 bridgehead atoms. The lowest BCUT2D eigenvalue weighted by Gasteiger charge is -2.16. The van der Waals surface area contributed by atoms with Crippen LogP contribution >= 0.6 is 0 Å². The first-order valence-corrected chi connectivity index (χ1v) is 21.2. The van der Waals surface area contributed by atoms with Crippen LogP contribution < -0.4 is 14.2 Å². The van der Waals surface area contributed by atoms with Crippen molar-refractivity contribution in [2.75, 3.05) is 26.3 Å². The number of carboxylic acids is 1. The molecule has 0 fully saturated rings. The molecular formula is C53H49N3O9. The van der Waals surface area contributed by atoms with Gasteiger partial charge in [0.25, 0.3) is 0 Å². The number of aryl methyl sites for hydroxylation is 2. The van der Waals surface area contributed by atoms with Gasteiger partial charge in [0.2, 0.25) is 11.8 Å². The summed E-state index contributed by atoms with van der Waals surface area (Å²) in [5.74, 6) is 8.96. The molecule has 65 heavy (non-hydrogen) atoms. The summed E-state index contributed by atoms with van der Waals surface area (Å²) in [6.07, 6.45) is 0.236. The molecule has 1 aliphatic rings. The Morgan fingerprint density at radius 3 is 1.77 bits per heavy atom. The number of para-hydroxylation sites is 1. The fourth-order valence-electron chi connectivity index (χ4n) is 7.09. The Balaban J connectivity index is 0.000000210. The van der Waals surface area contributed by atoms with E-state index in [1.807, 2.05) is 123 Å². The summed E-state index contributed by atoms with van der Waals surface area (Å²) in [4.78, 5) is 35.1. The van der Waals surface area contributed by atoms with Gasteiger partial charge in [-0.3, -0.25) is 4.90 Å². The summed E-state index contributed by atoms with van der Waals surface area (Å²) >= 11 is 0. The molecule has 12 heteroatoms. The minimum absolute atomic E-state index is 0.00541. The fraction of sp³-hybridized carbons (Fsp3) is 0.208. The van der Waals surface area contributed by atoms with Crippen LogP contribution in [0, 0.1) is 25.7 Å². The van der Waals surface area contributed by atoms with E-state index in [-0.39, 0.29) is 18.7 Å². The quantitative estimate of drug-likeness (QED) is 0.0945. The highest BCUT2D eigenvalue weighted by Gasteiger charge is 2.31. The molecule has 7 aromatic rings. The van der Waals surface area contributed by atoms with E-state index in [9.17, 15) is 19.8 Å². The molecular weight excluding hydrogens is 823 g/mol. The predicted molar refractivity (Wildman–Crippen MR) is 245 cm³/mol. The van der Waals surface area contributed by atoms with Gasteiger partial charge < -0.3 is 33.3 Å². The van der Waals surface area contributed by atoms with Gasteiger partial charge in [0.15, 0.2) is 0 Å². The number of aliphatic hydroxyl groups excluding tert-OH is 1. The van der Waals surface area contributed by atoms with Crippen LogP contribution in [0.1, 0.15) is 47.1 Å². The number of hydrogen-bond donors (Lipinski definition) is 2. The average molecular weight is 872 g/mol. The summed E-state index contributed by atoms with van der Waals surface area (Å²) in [7, 11) is 0. The molecule has 0 aliphatic carbocycles. The van der Waals surface area contributed by atoms with Gasteiger partial charge in [0.1, 0.15) is 34.9 Å². The maximum absolute atomic E-state index is 12.6. The van der Waals surface area contributed by atoms with Gasteiger partial charge >= 0.3 is 12.1 Å². The van der Waals surface area contributed by atoms with Crippen LogP contribution in [0.25, 0.3) is 22.9 Å². The first-order chi connectivity index (χ1) is 31.6. The second kappa shape index (κ2) is 22.0. The van der Waals surface area contributed by atoms with E-state index in [1.165, 1.54) is 4.90 Å². The summed E-state index contributed by atoms with van der Waals surface area (Å²) in [6, 6.07) is 43.2. The van der Waals surface area contributed by atoms with Gasteiger partial charge in [-0.25, -0.2) is 19.6 Å². The van der Waals surface area contributed by atoms with Gasteiger partial charge in [0, 0.05) is 30.5 Å².